The number of aromatic amines is 1. The van der Waals surface area contributed by atoms with E-state index in [1.54, 1.807) is 12.1 Å². The standard InChI is InChI=1S/C9H7N3O/c13-6-8-1-2-9(12-11-8)7-3-4-10-5-7/h1-6,10H. The van der Waals surface area contributed by atoms with Gasteiger partial charge in [-0.05, 0) is 18.2 Å². The van der Waals surface area contributed by atoms with Gasteiger partial charge in [-0.2, -0.15) is 0 Å². The molecule has 13 heavy (non-hydrogen) atoms. The van der Waals surface area contributed by atoms with Crippen LogP contribution in [0.25, 0.3) is 11.3 Å². The van der Waals surface area contributed by atoms with Crippen molar-refractivity contribution in [2.75, 3.05) is 0 Å². The minimum absolute atomic E-state index is 0.347. The van der Waals surface area contributed by atoms with Crippen LogP contribution >= 0.6 is 0 Å². The van der Waals surface area contributed by atoms with Crippen molar-refractivity contribution in [3.8, 4) is 11.3 Å². The minimum atomic E-state index is 0.347. The van der Waals surface area contributed by atoms with Crippen LogP contribution in [-0.2, 0) is 0 Å². The number of H-pyrrole nitrogens is 1. The van der Waals surface area contributed by atoms with Crippen molar-refractivity contribution < 1.29 is 4.79 Å². The number of hydrogen-bond acceptors (Lipinski definition) is 3. The van der Waals surface area contributed by atoms with Crippen molar-refractivity contribution in [2.24, 2.45) is 0 Å². The van der Waals surface area contributed by atoms with Crippen molar-refractivity contribution in [3.05, 3.63) is 36.3 Å². The van der Waals surface area contributed by atoms with Crippen LogP contribution in [0.15, 0.2) is 30.6 Å². The van der Waals surface area contributed by atoms with E-state index in [4.69, 9.17) is 0 Å². The summed E-state index contributed by atoms with van der Waals surface area (Å²) in [5.74, 6) is 0. The van der Waals surface area contributed by atoms with E-state index >= 15 is 0 Å². The van der Waals surface area contributed by atoms with E-state index in [-0.39, 0.29) is 0 Å². The summed E-state index contributed by atoms with van der Waals surface area (Å²) in [6.07, 6.45) is 4.31. The second-order valence-electron chi connectivity index (χ2n) is 2.56. The van der Waals surface area contributed by atoms with Gasteiger partial charge in [-0.25, -0.2) is 0 Å². The molecule has 0 unspecified atom stereocenters. The zero-order valence-corrected chi connectivity index (χ0v) is 6.77. The number of aromatic nitrogens is 3. The van der Waals surface area contributed by atoms with Crippen molar-refractivity contribution in [1.82, 2.24) is 15.2 Å². The van der Waals surface area contributed by atoms with Crippen LogP contribution in [0, 0.1) is 0 Å². The third kappa shape index (κ3) is 1.46. The molecule has 2 rings (SSSR count). The fourth-order valence-electron chi connectivity index (χ4n) is 1.04. The lowest BCUT2D eigenvalue weighted by molar-refractivity contribution is 0.111. The van der Waals surface area contributed by atoms with E-state index in [0.717, 1.165) is 11.3 Å². The Kier molecular flexibility index (Phi) is 1.88. The predicted molar refractivity (Wildman–Crippen MR) is 47.2 cm³/mol. The Bertz CT molecular complexity index is 391. The number of nitrogens with one attached hydrogen (secondary N) is 1. The Hall–Kier alpha value is -1.97. The summed E-state index contributed by atoms with van der Waals surface area (Å²) in [4.78, 5) is 13.2. The first-order chi connectivity index (χ1) is 6.40. The summed E-state index contributed by atoms with van der Waals surface area (Å²) >= 11 is 0. The van der Waals surface area contributed by atoms with E-state index in [1.807, 2.05) is 18.5 Å². The minimum Gasteiger partial charge on any atom is -0.367 e. The van der Waals surface area contributed by atoms with Gasteiger partial charge >= 0.3 is 0 Å². The molecule has 2 aromatic rings. The first-order valence-corrected chi connectivity index (χ1v) is 3.82. The van der Waals surface area contributed by atoms with Gasteiger partial charge in [0.1, 0.15) is 5.69 Å². The zero-order chi connectivity index (χ0) is 9.10. The smallest absolute Gasteiger partial charge is 0.170 e. The Morgan fingerprint density at radius 2 is 2.15 bits per heavy atom. The molecular weight excluding hydrogens is 166 g/mol. The quantitative estimate of drug-likeness (QED) is 0.696. The number of nitrogens with zero attached hydrogens (tertiary/aromatic N) is 2. The van der Waals surface area contributed by atoms with E-state index in [9.17, 15) is 4.79 Å². The van der Waals surface area contributed by atoms with Gasteiger partial charge in [-0.1, -0.05) is 0 Å². The molecule has 0 aromatic carbocycles. The van der Waals surface area contributed by atoms with Gasteiger partial charge in [-0.15, -0.1) is 10.2 Å². The molecule has 64 valence electrons. The molecule has 0 aliphatic rings. The monoisotopic (exact) mass is 173 g/mol. The van der Waals surface area contributed by atoms with Crippen LogP contribution in [-0.4, -0.2) is 21.5 Å². The van der Waals surface area contributed by atoms with E-state index in [0.29, 0.717) is 12.0 Å². The highest BCUT2D eigenvalue weighted by Crippen LogP contribution is 2.13. The second kappa shape index (κ2) is 3.18. The topological polar surface area (TPSA) is 58.6 Å². The summed E-state index contributed by atoms with van der Waals surface area (Å²) < 4.78 is 0. The molecule has 0 fully saturated rings. The number of carbonyl (C=O) groups is 1. The Morgan fingerprint density at radius 1 is 1.23 bits per heavy atom. The largest absolute Gasteiger partial charge is 0.367 e. The van der Waals surface area contributed by atoms with Crippen LogP contribution in [0.1, 0.15) is 10.5 Å². The maximum atomic E-state index is 10.3. The molecule has 0 amide bonds. The molecule has 0 aliphatic carbocycles. The lowest BCUT2D eigenvalue weighted by Gasteiger charge is -1.93. The summed E-state index contributed by atoms with van der Waals surface area (Å²) in [5, 5.41) is 7.61. The van der Waals surface area contributed by atoms with Gasteiger partial charge in [-0.3, -0.25) is 4.79 Å². The van der Waals surface area contributed by atoms with Crippen LogP contribution in [0.2, 0.25) is 0 Å². The van der Waals surface area contributed by atoms with E-state index < -0.39 is 0 Å². The molecule has 0 saturated carbocycles. The highest BCUT2D eigenvalue weighted by Gasteiger charge is 1.99. The maximum absolute atomic E-state index is 10.3. The Labute approximate surface area is 74.6 Å². The van der Waals surface area contributed by atoms with E-state index in [2.05, 4.69) is 15.2 Å². The molecule has 0 radical (unpaired) electrons. The number of carbonyl (C=O) groups excluding carboxylic acids is 1. The summed E-state index contributed by atoms with van der Waals surface area (Å²) in [7, 11) is 0. The third-order valence-electron chi connectivity index (χ3n) is 1.70. The summed E-state index contributed by atoms with van der Waals surface area (Å²) in [6.45, 7) is 0. The third-order valence-corrected chi connectivity index (χ3v) is 1.70. The number of rotatable bonds is 2. The Morgan fingerprint density at radius 3 is 2.69 bits per heavy atom. The van der Waals surface area contributed by atoms with Crippen molar-refractivity contribution in [1.29, 1.82) is 0 Å². The van der Waals surface area contributed by atoms with Gasteiger partial charge in [0.2, 0.25) is 0 Å². The fourth-order valence-corrected chi connectivity index (χ4v) is 1.04. The molecule has 1 N–H and O–H groups in total. The summed E-state index contributed by atoms with van der Waals surface area (Å²) in [6, 6.07) is 5.30. The maximum Gasteiger partial charge on any atom is 0.170 e. The lowest BCUT2D eigenvalue weighted by atomic mass is 10.2. The van der Waals surface area contributed by atoms with Crippen LogP contribution in [0.5, 0.6) is 0 Å². The van der Waals surface area contributed by atoms with E-state index in [1.165, 1.54) is 0 Å². The van der Waals surface area contributed by atoms with Crippen LogP contribution in [0.4, 0.5) is 0 Å². The van der Waals surface area contributed by atoms with Crippen LogP contribution in [0.3, 0.4) is 0 Å². The molecular formula is C9H7N3O. The molecule has 2 aromatic heterocycles. The predicted octanol–water partition coefficient (Wildman–Crippen LogP) is 1.28. The van der Waals surface area contributed by atoms with Gasteiger partial charge in [0.15, 0.2) is 6.29 Å². The van der Waals surface area contributed by atoms with Crippen LogP contribution < -0.4 is 0 Å². The average molecular weight is 173 g/mol. The zero-order valence-electron chi connectivity index (χ0n) is 6.77. The second-order valence-corrected chi connectivity index (χ2v) is 2.56. The van der Waals surface area contributed by atoms with Gasteiger partial charge in [0.25, 0.3) is 0 Å². The lowest BCUT2D eigenvalue weighted by Crippen LogP contribution is -1.91. The van der Waals surface area contributed by atoms with Crippen molar-refractivity contribution >= 4 is 6.29 Å². The SMILES string of the molecule is O=Cc1ccc(-c2cc[nH]c2)nn1. The highest BCUT2D eigenvalue weighted by molar-refractivity contribution is 5.72. The van der Waals surface area contributed by atoms with Crippen molar-refractivity contribution in [2.45, 2.75) is 0 Å². The van der Waals surface area contributed by atoms with Gasteiger partial charge in [0, 0.05) is 18.0 Å². The fraction of sp³-hybridized carbons (Fsp3) is 0. The van der Waals surface area contributed by atoms with Crippen molar-refractivity contribution in [3.63, 3.8) is 0 Å². The first-order valence-electron chi connectivity index (χ1n) is 3.82. The first kappa shape index (κ1) is 7.67. The molecule has 0 bridgehead atoms. The highest BCUT2D eigenvalue weighted by atomic mass is 16.1. The molecule has 0 saturated heterocycles. The molecule has 0 aliphatic heterocycles. The normalized spacial score (nSPS) is 9.85. The average Bonchev–Trinajstić information content (AvgIpc) is 2.71. The molecule has 4 heteroatoms. The molecule has 0 atom stereocenters. The van der Waals surface area contributed by atoms with Gasteiger partial charge in [0.05, 0.1) is 5.69 Å². The molecule has 4 nitrogen and oxygen atoms in total. The number of hydrogen-bond donors (Lipinski definition) is 1. The number of aldehydes is 1. The van der Waals surface area contributed by atoms with Gasteiger partial charge < -0.3 is 4.98 Å². The molecule has 0 spiro atoms. The summed E-state index contributed by atoms with van der Waals surface area (Å²) in [5.41, 5.74) is 2.07. The Balaban J connectivity index is 2.38. The molecule has 2 heterocycles.